The molecule has 3 N–H and O–H groups in total. The summed E-state index contributed by atoms with van der Waals surface area (Å²) in [5, 5.41) is 14.2. The Morgan fingerprint density at radius 1 is 1.37 bits per heavy atom. The largest absolute Gasteiger partial charge is 0.481 e. The smallest absolute Gasteiger partial charge is 0.315 e. The van der Waals surface area contributed by atoms with Gasteiger partial charge in [-0.15, -0.1) is 0 Å². The molecule has 1 atom stereocenters. The predicted molar refractivity (Wildman–Crippen MR) is 70.6 cm³/mol. The van der Waals surface area contributed by atoms with Crippen LogP contribution in [-0.4, -0.2) is 28.6 Å². The van der Waals surface area contributed by atoms with Gasteiger partial charge in [-0.2, -0.15) is 0 Å². The summed E-state index contributed by atoms with van der Waals surface area (Å²) in [5.41, 5.74) is -0.0558. The number of amides is 2. The lowest BCUT2D eigenvalue weighted by Gasteiger charge is -2.21. The molecule has 2 amide bonds. The number of rotatable bonds is 5. The second-order valence-corrected chi connectivity index (χ2v) is 5.02. The number of carbonyl (C=O) groups excluding carboxylic acids is 1. The Kier molecular flexibility index (Phi) is 4.86. The number of hydrogen-bond acceptors (Lipinski definition) is 3. The van der Waals surface area contributed by atoms with E-state index in [4.69, 9.17) is 5.11 Å². The zero-order chi connectivity index (χ0) is 14.5. The number of carbonyl (C=O) groups is 2. The zero-order valence-electron chi connectivity index (χ0n) is 11.3. The fourth-order valence-electron chi connectivity index (χ4n) is 1.36. The van der Waals surface area contributed by atoms with Crippen molar-refractivity contribution in [3.63, 3.8) is 0 Å². The number of carboxylic acid groups (broad SMARTS) is 1. The van der Waals surface area contributed by atoms with E-state index in [0.29, 0.717) is 0 Å². The van der Waals surface area contributed by atoms with Gasteiger partial charge in [-0.1, -0.05) is 0 Å². The Labute approximate surface area is 112 Å². The molecule has 0 radical (unpaired) electrons. The molecule has 1 aromatic heterocycles. The van der Waals surface area contributed by atoms with E-state index >= 15 is 0 Å². The Balaban J connectivity index is 2.46. The van der Waals surface area contributed by atoms with Crippen molar-refractivity contribution in [1.29, 1.82) is 0 Å². The molecule has 104 valence electrons. The second kappa shape index (κ2) is 6.17. The molecule has 0 aromatic carbocycles. The highest BCUT2D eigenvalue weighted by atomic mass is 16.4. The Morgan fingerprint density at radius 2 is 1.95 bits per heavy atom. The number of urea groups is 1. The van der Waals surface area contributed by atoms with Gasteiger partial charge in [0, 0.05) is 18.9 Å². The van der Waals surface area contributed by atoms with Gasteiger partial charge in [0.25, 0.3) is 0 Å². The van der Waals surface area contributed by atoms with Crippen molar-refractivity contribution >= 4 is 12.0 Å². The summed E-state index contributed by atoms with van der Waals surface area (Å²) in [7, 11) is 0. The van der Waals surface area contributed by atoms with Crippen LogP contribution >= 0.6 is 0 Å². The summed E-state index contributed by atoms with van der Waals surface area (Å²) in [6.07, 6.45) is 3.30. The van der Waals surface area contributed by atoms with Crippen molar-refractivity contribution in [2.45, 2.75) is 26.8 Å². The molecule has 0 saturated heterocycles. The van der Waals surface area contributed by atoms with Crippen molar-refractivity contribution in [2.75, 3.05) is 6.54 Å². The van der Waals surface area contributed by atoms with Gasteiger partial charge in [-0.25, -0.2) is 4.79 Å². The molecule has 0 aliphatic heterocycles. The normalized spacial score (nSPS) is 12.6. The minimum Gasteiger partial charge on any atom is -0.481 e. The van der Waals surface area contributed by atoms with Gasteiger partial charge in [0.1, 0.15) is 0 Å². The average molecular weight is 265 g/mol. The van der Waals surface area contributed by atoms with Gasteiger partial charge in [0.05, 0.1) is 11.5 Å². The molecule has 0 saturated carbocycles. The lowest BCUT2D eigenvalue weighted by molar-refractivity contribution is -0.146. The summed E-state index contributed by atoms with van der Waals surface area (Å²) < 4.78 is 0. The van der Waals surface area contributed by atoms with Crippen LogP contribution < -0.4 is 10.6 Å². The molecule has 6 nitrogen and oxygen atoms in total. The van der Waals surface area contributed by atoms with Crippen molar-refractivity contribution in [2.24, 2.45) is 5.41 Å². The molecular formula is C13H19N3O3. The first-order valence-corrected chi connectivity index (χ1v) is 6.00. The van der Waals surface area contributed by atoms with Crippen molar-refractivity contribution < 1.29 is 14.7 Å². The van der Waals surface area contributed by atoms with Crippen LogP contribution in [0.25, 0.3) is 0 Å². The highest BCUT2D eigenvalue weighted by Gasteiger charge is 2.27. The number of aromatic nitrogens is 1. The van der Waals surface area contributed by atoms with Gasteiger partial charge >= 0.3 is 12.0 Å². The summed E-state index contributed by atoms with van der Waals surface area (Å²) >= 11 is 0. The third-order valence-electron chi connectivity index (χ3n) is 2.82. The van der Waals surface area contributed by atoms with Crippen molar-refractivity contribution in [1.82, 2.24) is 15.6 Å². The highest BCUT2D eigenvalue weighted by molar-refractivity contribution is 5.77. The fraction of sp³-hybridized carbons (Fsp3) is 0.462. The van der Waals surface area contributed by atoms with Gasteiger partial charge in [-0.3, -0.25) is 9.78 Å². The lowest BCUT2D eigenvalue weighted by atomic mass is 9.94. The van der Waals surface area contributed by atoms with Gasteiger partial charge < -0.3 is 15.7 Å². The lowest BCUT2D eigenvalue weighted by Crippen LogP contribution is -2.44. The number of nitrogens with one attached hydrogen (secondary N) is 2. The zero-order valence-corrected chi connectivity index (χ0v) is 11.3. The van der Waals surface area contributed by atoms with E-state index in [1.165, 1.54) is 0 Å². The van der Waals surface area contributed by atoms with E-state index in [0.717, 1.165) is 5.56 Å². The van der Waals surface area contributed by atoms with Gasteiger partial charge in [0.2, 0.25) is 0 Å². The number of carboxylic acids is 1. The van der Waals surface area contributed by atoms with Crippen LogP contribution in [0.15, 0.2) is 24.5 Å². The van der Waals surface area contributed by atoms with Crippen LogP contribution in [-0.2, 0) is 4.79 Å². The molecule has 1 rings (SSSR count). The topological polar surface area (TPSA) is 91.3 Å². The average Bonchev–Trinajstić information content (AvgIpc) is 2.37. The first-order chi connectivity index (χ1) is 8.83. The number of hydrogen-bond donors (Lipinski definition) is 3. The maximum Gasteiger partial charge on any atom is 0.315 e. The molecule has 1 aromatic rings. The summed E-state index contributed by atoms with van der Waals surface area (Å²) in [6.45, 7) is 5.03. The Hall–Kier alpha value is -2.11. The van der Waals surface area contributed by atoms with E-state index in [2.05, 4.69) is 15.6 Å². The predicted octanol–water partition coefficient (Wildman–Crippen LogP) is 1.55. The molecule has 0 aliphatic carbocycles. The maximum atomic E-state index is 11.7. The van der Waals surface area contributed by atoms with Crippen LogP contribution in [0, 0.1) is 5.41 Å². The third kappa shape index (κ3) is 4.57. The van der Waals surface area contributed by atoms with Crippen LogP contribution in [0.2, 0.25) is 0 Å². The minimum atomic E-state index is -0.989. The van der Waals surface area contributed by atoms with E-state index in [1.54, 1.807) is 26.2 Å². The van der Waals surface area contributed by atoms with E-state index < -0.39 is 17.4 Å². The third-order valence-corrected chi connectivity index (χ3v) is 2.82. The molecule has 6 heteroatoms. The van der Waals surface area contributed by atoms with E-state index in [-0.39, 0.29) is 12.6 Å². The monoisotopic (exact) mass is 265 g/mol. The van der Waals surface area contributed by atoms with E-state index in [1.807, 2.05) is 19.1 Å². The second-order valence-electron chi connectivity index (χ2n) is 5.02. The number of aliphatic carboxylic acids is 1. The molecular weight excluding hydrogens is 246 g/mol. The van der Waals surface area contributed by atoms with Gasteiger partial charge in [0.15, 0.2) is 0 Å². The van der Waals surface area contributed by atoms with Crippen LogP contribution in [0.3, 0.4) is 0 Å². The Bertz CT molecular complexity index is 446. The molecule has 0 aliphatic rings. The quantitative estimate of drug-likeness (QED) is 0.753. The molecule has 1 unspecified atom stereocenters. The first-order valence-electron chi connectivity index (χ1n) is 6.00. The van der Waals surface area contributed by atoms with Crippen LogP contribution in [0.4, 0.5) is 4.79 Å². The molecule has 0 bridgehead atoms. The molecule has 0 spiro atoms. The van der Waals surface area contributed by atoms with E-state index in [9.17, 15) is 9.59 Å². The first kappa shape index (κ1) is 14.9. The van der Waals surface area contributed by atoms with Gasteiger partial charge in [-0.05, 0) is 38.5 Å². The number of pyridine rings is 1. The molecule has 0 fully saturated rings. The summed E-state index contributed by atoms with van der Waals surface area (Å²) in [5.74, 6) is -0.949. The van der Waals surface area contributed by atoms with Crippen LogP contribution in [0.5, 0.6) is 0 Å². The summed E-state index contributed by atoms with van der Waals surface area (Å²) in [6, 6.07) is 3.06. The van der Waals surface area contributed by atoms with Crippen molar-refractivity contribution in [3.05, 3.63) is 30.1 Å². The maximum absolute atomic E-state index is 11.7. The highest BCUT2D eigenvalue weighted by Crippen LogP contribution is 2.13. The molecule has 1 heterocycles. The molecule has 19 heavy (non-hydrogen) atoms. The fourth-order valence-corrected chi connectivity index (χ4v) is 1.36. The Morgan fingerprint density at radius 3 is 2.47 bits per heavy atom. The summed E-state index contributed by atoms with van der Waals surface area (Å²) in [4.78, 5) is 26.5. The minimum absolute atomic E-state index is 0.0667. The van der Waals surface area contributed by atoms with Crippen LogP contribution in [0.1, 0.15) is 32.4 Å². The standard InChI is InChI=1S/C13H19N3O3/c1-9(10-4-6-14-7-5-10)16-12(19)15-8-13(2,3)11(17)18/h4-7,9H,8H2,1-3H3,(H,17,18)(H2,15,16,19). The SMILES string of the molecule is CC(NC(=O)NCC(C)(C)C(=O)O)c1ccncc1. The van der Waals surface area contributed by atoms with Crippen molar-refractivity contribution in [3.8, 4) is 0 Å². The number of nitrogens with zero attached hydrogens (tertiary/aromatic N) is 1.